The largest absolute Gasteiger partial charge is 0.372 e. The summed E-state index contributed by atoms with van der Waals surface area (Å²) in [5.74, 6) is -0.149. The lowest BCUT2D eigenvalue weighted by Crippen LogP contribution is -2.34. The molecule has 0 aliphatic rings. The number of nitrogens with one attached hydrogen (secondary N) is 2. The maximum Gasteiger partial charge on any atom is 0.248 e. The van der Waals surface area contributed by atoms with Crippen LogP contribution in [0.15, 0.2) is 24.3 Å². The summed E-state index contributed by atoms with van der Waals surface area (Å²) < 4.78 is 0. The van der Waals surface area contributed by atoms with Crippen LogP contribution in [0, 0.1) is 6.92 Å². The van der Waals surface area contributed by atoms with Crippen molar-refractivity contribution in [1.29, 1.82) is 0 Å². The summed E-state index contributed by atoms with van der Waals surface area (Å²) in [4.78, 5) is 12.2. The van der Waals surface area contributed by atoms with Crippen molar-refractivity contribution in [2.24, 2.45) is 0 Å². The normalized spacial score (nSPS) is 11.9. The number of nitrogens with zero attached hydrogens (tertiary/aromatic N) is 2. The minimum absolute atomic E-state index is 0.149. The fourth-order valence-corrected chi connectivity index (χ4v) is 2.44. The first-order chi connectivity index (χ1) is 9.60. The highest BCUT2D eigenvalue weighted by molar-refractivity contribution is 7.15. The predicted molar refractivity (Wildman–Crippen MR) is 82.4 cm³/mol. The molecular weight excluding hydrogens is 296 g/mol. The molecule has 0 saturated heterocycles. The number of halogens is 1. The average Bonchev–Trinajstić information content (AvgIpc) is 2.83. The zero-order valence-corrected chi connectivity index (χ0v) is 12.8. The van der Waals surface area contributed by atoms with Gasteiger partial charge in [-0.1, -0.05) is 42.0 Å². The van der Waals surface area contributed by atoms with Crippen LogP contribution in [-0.4, -0.2) is 22.1 Å². The Kier molecular flexibility index (Phi) is 4.92. The second-order valence-electron chi connectivity index (χ2n) is 4.20. The Bertz CT molecular complexity index is 602. The van der Waals surface area contributed by atoms with Gasteiger partial charge in [-0.2, -0.15) is 0 Å². The Hall–Kier alpha value is -1.66. The summed E-state index contributed by atoms with van der Waals surface area (Å²) >= 11 is 7.42. The van der Waals surface area contributed by atoms with Crippen molar-refractivity contribution >= 4 is 39.7 Å². The third-order valence-electron chi connectivity index (χ3n) is 2.68. The fraction of sp³-hybridized carbons (Fsp3) is 0.308. The first kappa shape index (κ1) is 14.7. The fourth-order valence-electron chi connectivity index (χ4n) is 1.66. The molecule has 1 heterocycles. The van der Waals surface area contributed by atoms with Gasteiger partial charge in [-0.15, -0.1) is 10.2 Å². The molecule has 20 heavy (non-hydrogen) atoms. The molecular formula is C13H15ClN4OS. The Balaban J connectivity index is 2.04. The van der Waals surface area contributed by atoms with E-state index < -0.39 is 0 Å². The molecule has 7 heteroatoms. The van der Waals surface area contributed by atoms with Crippen LogP contribution in [-0.2, 0) is 4.79 Å². The molecule has 0 radical (unpaired) electrons. The van der Waals surface area contributed by atoms with Crippen molar-refractivity contribution in [3.63, 3.8) is 0 Å². The highest BCUT2D eigenvalue weighted by Crippen LogP contribution is 2.22. The number of benzene rings is 1. The van der Waals surface area contributed by atoms with E-state index in [1.54, 1.807) is 6.07 Å². The molecule has 0 fully saturated rings. The van der Waals surface area contributed by atoms with Crippen molar-refractivity contribution < 1.29 is 4.79 Å². The maximum absolute atomic E-state index is 12.2. The first-order valence-corrected chi connectivity index (χ1v) is 7.41. The number of amides is 1. The van der Waals surface area contributed by atoms with E-state index in [2.05, 4.69) is 20.8 Å². The molecule has 5 nitrogen and oxygen atoms in total. The minimum atomic E-state index is -0.376. The van der Waals surface area contributed by atoms with Gasteiger partial charge < -0.3 is 5.32 Å². The molecule has 0 spiro atoms. The number of hydrogen-bond donors (Lipinski definition) is 2. The molecule has 2 aromatic rings. The monoisotopic (exact) mass is 310 g/mol. The summed E-state index contributed by atoms with van der Waals surface area (Å²) in [6.45, 7) is 3.77. The molecule has 0 saturated carbocycles. The van der Waals surface area contributed by atoms with E-state index in [0.29, 0.717) is 16.6 Å². The predicted octanol–water partition coefficient (Wildman–Crippen LogP) is 3.33. The van der Waals surface area contributed by atoms with Crippen LogP contribution in [0.1, 0.15) is 18.4 Å². The maximum atomic E-state index is 12.2. The van der Waals surface area contributed by atoms with E-state index in [-0.39, 0.29) is 11.9 Å². The van der Waals surface area contributed by atoms with Gasteiger partial charge in [-0.3, -0.25) is 10.1 Å². The Morgan fingerprint density at radius 3 is 2.75 bits per heavy atom. The van der Waals surface area contributed by atoms with Crippen LogP contribution < -0.4 is 10.6 Å². The summed E-state index contributed by atoms with van der Waals surface area (Å²) in [7, 11) is 0. The SMILES string of the molecule is CC[C@H](Nc1ccccc1Cl)C(=O)Nc1nnc(C)s1. The smallest absolute Gasteiger partial charge is 0.248 e. The van der Waals surface area contributed by atoms with Gasteiger partial charge in [0, 0.05) is 0 Å². The van der Waals surface area contributed by atoms with Crippen LogP contribution in [0.25, 0.3) is 0 Å². The lowest BCUT2D eigenvalue weighted by Gasteiger charge is -2.17. The van der Waals surface area contributed by atoms with E-state index in [9.17, 15) is 4.79 Å². The number of rotatable bonds is 5. The van der Waals surface area contributed by atoms with Gasteiger partial charge in [0.2, 0.25) is 11.0 Å². The number of anilines is 2. The highest BCUT2D eigenvalue weighted by Gasteiger charge is 2.18. The zero-order chi connectivity index (χ0) is 14.5. The number of aryl methyl sites for hydroxylation is 1. The average molecular weight is 311 g/mol. The van der Waals surface area contributed by atoms with Crippen molar-refractivity contribution in [3.8, 4) is 0 Å². The number of para-hydroxylation sites is 1. The summed E-state index contributed by atoms with van der Waals surface area (Å²) in [5, 5.41) is 15.5. The minimum Gasteiger partial charge on any atom is -0.372 e. The zero-order valence-electron chi connectivity index (χ0n) is 11.2. The van der Waals surface area contributed by atoms with Crippen molar-refractivity contribution in [2.45, 2.75) is 26.3 Å². The summed E-state index contributed by atoms with van der Waals surface area (Å²) in [5.41, 5.74) is 0.740. The quantitative estimate of drug-likeness (QED) is 0.889. The van der Waals surface area contributed by atoms with Crippen LogP contribution in [0.5, 0.6) is 0 Å². The molecule has 1 atom stereocenters. The molecule has 0 aliphatic carbocycles. The lowest BCUT2D eigenvalue weighted by molar-refractivity contribution is -0.117. The molecule has 1 aromatic carbocycles. The third kappa shape index (κ3) is 3.68. The summed E-state index contributed by atoms with van der Waals surface area (Å²) in [6.07, 6.45) is 0.634. The number of carbonyl (C=O) groups excluding carboxylic acids is 1. The number of aromatic nitrogens is 2. The van der Waals surface area contributed by atoms with Gasteiger partial charge in [0.15, 0.2) is 0 Å². The van der Waals surface area contributed by atoms with Crippen LogP contribution in [0.4, 0.5) is 10.8 Å². The Labute approximate surface area is 126 Å². The third-order valence-corrected chi connectivity index (χ3v) is 3.77. The second-order valence-corrected chi connectivity index (χ2v) is 5.79. The topological polar surface area (TPSA) is 66.9 Å². The van der Waals surface area contributed by atoms with Gasteiger partial charge in [-0.05, 0) is 25.5 Å². The van der Waals surface area contributed by atoms with Crippen LogP contribution in [0.3, 0.4) is 0 Å². The molecule has 1 amide bonds. The highest BCUT2D eigenvalue weighted by atomic mass is 35.5. The van der Waals surface area contributed by atoms with E-state index in [0.717, 1.165) is 10.7 Å². The molecule has 1 aromatic heterocycles. The second kappa shape index (κ2) is 6.67. The van der Waals surface area contributed by atoms with Gasteiger partial charge in [0.25, 0.3) is 0 Å². The van der Waals surface area contributed by atoms with E-state index in [4.69, 9.17) is 11.6 Å². The van der Waals surface area contributed by atoms with Gasteiger partial charge >= 0.3 is 0 Å². The number of hydrogen-bond acceptors (Lipinski definition) is 5. The van der Waals surface area contributed by atoms with Crippen LogP contribution >= 0.6 is 22.9 Å². The Morgan fingerprint density at radius 1 is 1.40 bits per heavy atom. The molecule has 2 N–H and O–H groups in total. The molecule has 0 aliphatic heterocycles. The summed E-state index contributed by atoms with van der Waals surface area (Å²) in [6, 6.07) is 6.96. The van der Waals surface area contributed by atoms with Crippen LogP contribution in [0.2, 0.25) is 5.02 Å². The van der Waals surface area contributed by atoms with Gasteiger partial charge in [-0.25, -0.2) is 0 Å². The standard InChI is InChI=1S/C13H15ClN4OS/c1-3-10(15-11-7-5-4-6-9(11)14)12(19)16-13-18-17-8(2)20-13/h4-7,10,15H,3H2,1-2H3,(H,16,18,19)/t10-/m0/s1. The molecule has 106 valence electrons. The molecule has 0 unspecified atom stereocenters. The van der Waals surface area contributed by atoms with Gasteiger partial charge in [0.05, 0.1) is 10.7 Å². The van der Waals surface area contributed by atoms with Gasteiger partial charge in [0.1, 0.15) is 11.0 Å². The molecule has 2 rings (SSSR count). The molecule has 0 bridgehead atoms. The van der Waals surface area contributed by atoms with E-state index in [1.165, 1.54) is 11.3 Å². The van der Waals surface area contributed by atoms with Crippen molar-refractivity contribution in [3.05, 3.63) is 34.3 Å². The van der Waals surface area contributed by atoms with E-state index in [1.807, 2.05) is 32.0 Å². The number of carbonyl (C=O) groups is 1. The Morgan fingerprint density at radius 2 is 2.15 bits per heavy atom. The van der Waals surface area contributed by atoms with Crippen molar-refractivity contribution in [1.82, 2.24) is 10.2 Å². The van der Waals surface area contributed by atoms with Crippen molar-refractivity contribution in [2.75, 3.05) is 10.6 Å². The lowest BCUT2D eigenvalue weighted by atomic mass is 10.2. The van der Waals surface area contributed by atoms with E-state index >= 15 is 0 Å². The first-order valence-electron chi connectivity index (χ1n) is 6.22.